The highest BCUT2D eigenvalue weighted by atomic mass is 16.6. The highest BCUT2D eigenvalue weighted by Gasteiger charge is 2.22. The smallest absolute Gasteiger partial charge is 0.338 e. The van der Waals surface area contributed by atoms with E-state index in [0.717, 1.165) is 0 Å². The van der Waals surface area contributed by atoms with Gasteiger partial charge in [-0.3, -0.25) is 19.2 Å². The first-order chi connectivity index (χ1) is 43.2. The van der Waals surface area contributed by atoms with Crippen LogP contribution in [0.3, 0.4) is 0 Å². The van der Waals surface area contributed by atoms with Crippen LogP contribution in [-0.2, 0) is 44.5 Å². The second-order valence-corrected chi connectivity index (χ2v) is 19.6. The summed E-state index contributed by atoms with van der Waals surface area (Å²) < 4.78 is 46.3. The minimum absolute atomic E-state index is 0.0259. The van der Waals surface area contributed by atoms with Gasteiger partial charge in [0.25, 0.3) is 0 Å². The molecule has 24 heteroatoms. The number of ether oxygens (including phenoxy) is 8. The van der Waals surface area contributed by atoms with Gasteiger partial charge in [-0.25, -0.2) is 19.2 Å². The van der Waals surface area contributed by atoms with Crippen LogP contribution in [0.25, 0.3) is 21.5 Å². The minimum Gasteiger partial charge on any atom is -0.491 e. The summed E-state index contributed by atoms with van der Waals surface area (Å²) in [7, 11) is 0. The van der Waals surface area contributed by atoms with Gasteiger partial charge in [-0.15, -0.1) is 0 Å². The molecule has 0 aliphatic carbocycles. The Morgan fingerprint density at radius 1 is 0.337 bits per heavy atom. The lowest BCUT2D eigenvalue weighted by Crippen LogP contribution is -2.26. The molecule has 0 radical (unpaired) electrons. The summed E-state index contributed by atoms with van der Waals surface area (Å²) in [5.74, 6) is -1.92. The molecule has 4 atom stereocenters. The first kappa shape index (κ1) is 64.1. The Morgan fingerprint density at radius 2 is 0.596 bits per heavy atom. The predicted octanol–water partition coefficient (Wildman–Crippen LogP) is 6.24. The summed E-state index contributed by atoms with van der Waals surface area (Å²) in [5, 5.41) is 56.6. The maximum Gasteiger partial charge on any atom is 0.338 e. The lowest BCUT2D eigenvalue weighted by Gasteiger charge is -2.21. The molecule has 4 amide bonds. The van der Waals surface area contributed by atoms with Crippen molar-refractivity contribution < 1.29 is 96.7 Å². The molecule has 0 aliphatic heterocycles. The molecule has 8 rings (SSSR count). The number of carbonyl (C=O) groups is 8. The van der Waals surface area contributed by atoms with Crippen molar-refractivity contribution in [2.24, 2.45) is 0 Å². The molecule has 460 valence electrons. The molecule has 0 heterocycles. The third-order valence-electron chi connectivity index (χ3n) is 13.2. The molecule has 0 aliphatic rings. The molecular formula is C65H60N4O20. The number of rotatable bonds is 34. The van der Waals surface area contributed by atoms with Gasteiger partial charge in [-0.05, 0) is 155 Å². The first-order valence-electron chi connectivity index (χ1n) is 27.4. The number of nitrogens with one attached hydrogen (secondary N) is 4. The number of anilines is 4. The molecule has 0 spiro atoms. The van der Waals surface area contributed by atoms with Crippen molar-refractivity contribution in [3.63, 3.8) is 0 Å². The van der Waals surface area contributed by atoms with Crippen LogP contribution in [0.5, 0.6) is 23.0 Å². The molecule has 8 aromatic rings. The van der Waals surface area contributed by atoms with Gasteiger partial charge in [0.1, 0.15) is 100 Å². The predicted molar refractivity (Wildman–Crippen MR) is 322 cm³/mol. The van der Waals surface area contributed by atoms with Gasteiger partial charge in [0, 0.05) is 40.3 Å². The van der Waals surface area contributed by atoms with Crippen LogP contribution in [0.15, 0.2) is 158 Å². The maximum atomic E-state index is 13.0. The van der Waals surface area contributed by atoms with Gasteiger partial charge in [0.2, 0.25) is 25.6 Å². The number of amides is 4. The standard InChI is InChI=1S/C65H60N4O20/c70-36-66-46-13-1-42(2-14-46)62(78)86-32-50(74)28-82-54-21-9-40-11-23-60(84-30-52(76)34-88-64(80)44-5-17-48(18-6-44)68-38-72)58(56(40)25-54)27-59-57-26-55(83-29-51(75)33-87-63(79)43-3-15-47(16-4-43)67-37-71)22-10-41(57)12-24-61(59)85-31-53(77)35-89-65(81)45-7-19-49(20-8-45)69-39-73/h1-26,36-39,50-53,74-77H,27-35H2,(H,66,70)(H,67,71)(H,68,72)(H,69,73). The van der Waals surface area contributed by atoms with E-state index in [2.05, 4.69) is 21.3 Å². The van der Waals surface area contributed by atoms with E-state index in [0.29, 0.717) is 81.1 Å². The third-order valence-corrected chi connectivity index (χ3v) is 13.2. The van der Waals surface area contributed by atoms with Crippen molar-refractivity contribution in [3.05, 3.63) is 191 Å². The minimum atomic E-state index is -1.36. The van der Waals surface area contributed by atoms with Gasteiger partial charge in [0.05, 0.1) is 22.3 Å². The number of aliphatic hydroxyl groups excluding tert-OH is 4. The quantitative estimate of drug-likeness (QED) is 0.0126. The molecule has 8 N–H and O–H groups in total. The van der Waals surface area contributed by atoms with Gasteiger partial charge in [-0.2, -0.15) is 0 Å². The monoisotopic (exact) mass is 1220 g/mol. The van der Waals surface area contributed by atoms with Gasteiger partial charge >= 0.3 is 23.9 Å². The highest BCUT2D eigenvalue weighted by molar-refractivity contribution is 5.95. The summed E-state index contributed by atoms with van der Waals surface area (Å²) in [6.07, 6.45) is -3.33. The average Bonchev–Trinajstić information content (AvgIpc) is 1.86. The Hall–Kier alpha value is -10.9. The van der Waals surface area contributed by atoms with Gasteiger partial charge in [-0.1, -0.05) is 24.3 Å². The van der Waals surface area contributed by atoms with E-state index >= 15 is 0 Å². The molecule has 0 bridgehead atoms. The lowest BCUT2D eigenvalue weighted by atomic mass is 9.93. The summed E-state index contributed by atoms with van der Waals surface area (Å²) in [5.41, 5.74) is 3.48. The molecular weight excluding hydrogens is 1160 g/mol. The van der Waals surface area contributed by atoms with Crippen molar-refractivity contribution in [2.45, 2.75) is 30.8 Å². The van der Waals surface area contributed by atoms with Crippen molar-refractivity contribution in [2.75, 3.05) is 74.1 Å². The third kappa shape index (κ3) is 18.5. The summed E-state index contributed by atoms with van der Waals surface area (Å²) in [6.45, 7) is -3.24. The van der Waals surface area contributed by atoms with Crippen LogP contribution in [0.2, 0.25) is 0 Å². The lowest BCUT2D eigenvalue weighted by molar-refractivity contribution is -0.106. The summed E-state index contributed by atoms with van der Waals surface area (Å²) >= 11 is 0. The Bertz CT molecular complexity index is 3500. The fourth-order valence-corrected chi connectivity index (χ4v) is 8.73. The van der Waals surface area contributed by atoms with Crippen molar-refractivity contribution in [1.82, 2.24) is 0 Å². The first-order valence-corrected chi connectivity index (χ1v) is 27.4. The van der Waals surface area contributed by atoms with E-state index in [1.54, 1.807) is 60.7 Å². The molecule has 0 fully saturated rings. The van der Waals surface area contributed by atoms with E-state index in [1.807, 2.05) is 0 Å². The second kappa shape index (κ2) is 32.0. The highest BCUT2D eigenvalue weighted by Crippen LogP contribution is 2.39. The number of aliphatic hydroxyl groups is 4. The molecule has 0 saturated heterocycles. The Labute approximate surface area is 507 Å². The van der Waals surface area contributed by atoms with E-state index in [4.69, 9.17) is 37.9 Å². The van der Waals surface area contributed by atoms with Crippen molar-refractivity contribution in [3.8, 4) is 23.0 Å². The number of benzene rings is 8. The second-order valence-electron chi connectivity index (χ2n) is 19.6. The summed E-state index contributed by atoms with van der Waals surface area (Å²) in [4.78, 5) is 94.8. The van der Waals surface area contributed by atoms with Crippen LogP contribution in [0, 0.1) is 0 Å². The number of hydrogen-bond acceptors (Lipinski definition) is 20. The SMILES string of the molecule is O=CNc1ccc(C(=O)OCC(O)COc2ccc3ccc(OCC(O)COC(=O)c4ccc(NC=O)cc4)c(Cc4c(OCC(O)COC(=O)c5ccc(NC=O)cc5)ccc5ccc(OCC(O)COC(=O)c6ccc(NC=O)cc6)cc45)c3c2)cc1. The Morgan fingerprint density at radius 3 is 0.865 bits per heavy atom. The topological polar surface area (TPSA) is 339 Å². The van der Waals surface area contributed by atoms with Crippen molar-refractivity contribution in [1.29, 1.82) is 0 Å². The molecule has 8 aromatic carbocycles. The molecule has 89 heavy (non-hydrogen) atoms. The normalized spacial score (nSPS) is 12.2. The Kier molecular flexibility index (Phi) is 23.0. The molecule has 0 aromatic heterocycles. The fraction of sp³-hybridized carbons (Fsp3) is 0.200. The fourth-order valence-electron chi connectivity index (χ4n) is 8.73. The zero-order valence-corrected chi connectivity index (χ0v) is 47.3. The van der Waals surface area contributed by atoms with E-state index in [-0.39, 0.29) is 78.1 Å². The number of carbonyl (C=O) groups excluding carboxylic acids is 8. The van der Waals surface area contributed by atoms with Crippen LogP contribution in [0.1, 0.15) is 52.6 Å². The number of fused-ring (bicyclic) bond motifs is 2. The Balaban J connectivity index is 1.07. The van der Waals surface area contributed by atoms with Crippen LogP contribution < -0.4 is 40.2 Å². The number of hydrogen-bond donors (Lipinski definition) is 8. The van der Waals surface area contributed by atoms with E-state index in [9.17, 15) is 58.8 Å². The van der Waals surface area contributed by atoms with Gasteiger partial charge < -0.3 is 79.6 Å². The number of esters is 4. The summed E-state index contributed by atoms with van der Waals surface area (Å²) in [6, 6.07) is 40.8. The molecule has 0 saturated carbocycles. The van der Waals surface area contributed by atoms with E-state index < -0.39 is 74.7 Å². The molecule has 24 nitrogen and oxygen atoms in total. The van der Waals surface area contributed by atoms with Gasteiger partial charge in [0.15, 0.2) is 0 Å². The zero-order valence-electron chi connectivity index (χ0n) is 47.3. The van der Waals surface area contributed by atoms with Crippen LogP contribution in [0.4, 0.5) is 22.7 Å². The van der Waals surface area contributed by atoms with E-state index in [1.165, 1.54) is 97.1 Å². The largest absolute Gasteiger partial charge is 0.491 e. The van der Waals surface area contributed by atoms with Crippen LogP contribution in [-0.4, -0.2) is 147 Å². The average molecular weight is 1220 g/mol. The van der Waals surface area contributed by atoms with Crippen LogP contribution >= 0.6 is 0 Å². The zero-order chi connectivity index (χ0) is 63.1. The maximum absolute atomic E-state index is 13.0. The van der Waals surface area contributed by atoms with Crippen molar-refractivity contribution >= 4 is 93.8 Å². The molecule has 4 unspecified atom stereocenters.